The van der Waals surface area contributed by atoms with Crippen LogP contribution in [-0.2, 0) is 11.2 Å². The third-order valence-corrected chi connectivity index (χ3v) is 8.24. The molecule has 5 nitrogen and oxygen atoms in total. The van der Waals surface area contributed by atoms with Crippen molar-refractivity contribution in [1.29, 1.82) is 0 Å². The summed E-state index contributed by atoms with van der Waals surface area (Å²) in [5.41, 5.74) is -2.07. The second-order valence-electron chi connectivity index (χ2n) is 10.3. The maximum atomic E-state index is 14.4. The number of carbonyl (C=O) groups is 2. The Labute approximate surface area is 222 Å². The average Bonchev–Trinajstić information content (AvgIpc) is 3.12. The number of alkyl halides is 4. The first-order valence-corrected chi connectivity index (χ1v) is 12.5. The van der Waals surface area contributed by atoms with Gasteiger partial charge in [-0.3, -0.25) is 4.79 Å². The fourth-order valence-corrected chi connectivity index (χ4v) is 5.72. The van der Waals surface area contributed by atoms with Gasteiger partial charge in [0.25, 0.3) is 5.91 Å². The quantitative estimate of drug-likeness (QED) is 0.431. The summed E-state index contributed by atoms with van der Waals surface area (Å²) in [6.45, 7) is 3.34. The lowest BCUT2D eigenvalue weighted by atomic mass is 9.73. The molecule has 37 heavy (non-hydrogen) atoms. The maximum Gasteiger partial charge on any atom is 0.416 e. The molecule has 1 atom stereocenters. The molecule has 200 valence electrons. The molecule has 1 aromatic rings. The van der Waals surface area contributed by atoms with Crippen molar-refractivity contribution >= 4 is 35.1 Å². The van der Waals surface area contributed by atoms with E-state index in [1.807, 2.05) is 6.08 Å². The molecule has 1 aromatic carbocycles. The minimum atomic E-state index is -4.47. The molecule has 0 saturated carbocycles. The van der Waals surface area contributed by atoms with Gasteiger partial charge in [0.05, 0.1) is 16.2 Å². The molecule has 0 spiro atoms. The van der Waals surface area contributed by atoms with Gasteiger partial charge >= 0.3 is 12.1 Å². The highest BCUT2D eigenvalue weighted by Gasteiger charge is 2.45. The molecular formula is C26H26Cl2F4N2O3. The molecule has 2 aliphatic heterocycles. The Morgan fingerprint density at radius 1 is 1.16 bits per heavy atom. The Morgan fingerprint density at radius 2 is 1.78 bits per heavy atom. The smallest absolute Gasteiger partial charge is 0.416 e. The first-order chi connectivity index (χ1) is 17.0. The van der Waals surface area contributed by atoms with Crippen LogP contribution in [0.25, 0.3) is 0 Å². The van der Waals surface area contributed by atoms with E-state index in [9.17, 15) is 27.2 Å². The number of carbonyl (C=O) groups excluding carboxylic acids is 1. The number of halogens is 6. The molecule has 1 unspecified atom stereocenters. The van der Waals surface area contributed by atoms with E-state index in [-0.39, 0.29) is 48.9 Å². The standard InChI is InChI=1S/C26H26Cl2F4N2O3/c1-24(2)13-14(26(30,31)32)10-20-18(24)12-15(33(20)3)11-17-19(27)5-4-16(21(17)28)22(35)34-8-6-25(29,7-9-34)23(36)37/h4-5,10,12-13,18H,6-9,11H2,1-3H3,(H,36,37). The van der Waals surface area contributed by atoms with Crippen LogP contribution in [0.15, 0.2) is 47.3 Å². The molecule has 2 heterocycles. The average molecular weight is 561 g/mol. The third kappa shape index (κ3) is 5.00. The van der Waals surface area contributed by atoms with Crippen molar-refractivity contribution in [1.82, 2.24) is 9.80 Å². The Morgan fingerprint density at radius 3 is 2.35 bits per heavy atom. The number of aliphatic carboxylic acids is 1. The van der Waals surface area contributed by atoms with Crippen LogP contribution in [0.4, 0.5) is 17.6 Å². The van der Waals surface area contributed by atoms with Gasteiger partial charge in [0.1, 0.15) is 0 Å². The monoisotopic (exact) mass is 560 g/mol. The number of likely N-dealkylation sites (tertiary alicyclic amines) is 1. The zero-order valence-electron chi connectivity index (χ0n) is 20.4. The van der Waals surface area contributed by atoms with Crippen molar-refractivity contribution < 1.29 is 32.3 Å². The van der Waals surface area contributed by atoms with Crippen molar-refractivity contribution in [2.75, 3.05) is 20.1 Å². The predicted molar refractivity (Wildman–Crippen MR) is 132 cm³/mol. The molecule has 0 bridgehead atoms. The van der Waals surface area contributed by atoms with E-state index in [1.165, 1.54) is 23.1 Å². The van der Waals surface area contributed by atoms with Crippen molar-refractivity contribution in [2.24, 2.45) is 11.3 Å². The van der Waals surface area contributed by atoms with Gasteiger partial charge in [0.2, 0.25) is 5.67 Å². The summed E-state index contributed by atoms with van der Waals surface area (Å²) in [6.07, 6.45) is -0.667. The van der Waals surface area contributed by atoms with Gasteiger partial charge in [-0.2, -0.15) is 13.2 Å². The number of amides is 1. The number of nitrogens with zero attached hydrogens (tertiary/aromatic N) is 2. The molecule has 1 aliphatic carbocycles. The summed E-state index contributed by atoms with van der Waals surface area (Å²) >= 11 is 13.1. The normalized spacial score (nSPS) is 22.7. The largest absolute Gasteiger partial charge is 0.479 e. The summed E-state index contributed by atoms with van der Waals surface area (Å²) in [4.78, 5) is 27.4. The molecule has 0 aromatic heterocycles. The number of fused-ring (bicyclic) bond motifs is 1. The Balaban J connectivity index is 1.59. The molecule has 4 rings (SSSR count). The van der Waals surface area contributed by atoms with E-state index in [4.69, 9.17) is 28.3 Å². The van der Waals surface area contributed by atoms with Crippen LogP contribution in [0.3, 0.4) is 0 Å². The first-order valence-electron chi connectivity index (χ1n) is 11.7. The Kier molecular flexibility index (Phi) is 6.95. The van der Waals surface area contributed by atoms with Crippen LogP contribution in [0, 0.1) is 11.3 Å². The molecule has 11 heteroatoms. The zero-order chi connectivity index (χ0) is 27.5. The van der Waals surface area contributed by atoms with Crippen LogP contribution in [0.1, 0.15) is 42.6 Å². The summed E-state index contributed by atoms with van der Waals surface area (Å²) < 4.78 is 54.9. The molecular weight excluding hydrogens is 535 g/mol. The number of carboxylic acids is 1. The van der Waals surface area contributed by atoms with Crippen molar-refractivity contribution in [3.63, 3.8) is 0 Å². The van der Waals surface area contributed by atoms with E-state index >= 15 is 0 Å². The molecule has 3 aliphatic rings. The van der Waals surface area contributed by atoms with Gasteiger partial charge in [0.15, 0.2) is 0 Å². The minimum absolute atomic E-state index is 0.0801. The lowest BCUT2D eigenvalue weighted by Gasteiger charge is -2.35. The molecule has 1 fully saturated rings. The van der Waals surface area contributed by atoms with Crippen LogP contribution in [-0.4, -0.2) is 58.8 Å². The van der Waals surface area contributed by atoms with Gasteiger partial charge in [-0.1, -0.05) is 49.2 Å². The predicted octanol–water partition coefficient (Wildman–Crippen LogP) is 6.42. The topological polar surface area (TPSA) is 60.9 Å². The highest BCUT2D eigenvalue weighted by atomic mass is 35.5. The van der Waals surface area contributed by atoms with E-state index < -0.39 is 34.7 Å². The minimum Gasteiger partial charge on any atom is -0.479 e. The van der Waals surface area contributed by atoms with Crippen LogP contribution in [0.5, 0.6) is 0 Å². The molecule has 0 radical (unpaired) electrons. The van der Waals surface area contributed by atoms with E-state index in [1.54, 1.807) is 25.8 Å². The fraction of sp³-hybridized carbons (Fsp3) is 0.462. The van der Waals surface area contributed by atoms with Gasteiger partial charge in [-0.05, 0) is 29.2 Å². The number of benzene rings is 1. The van der Waals surface area contributed by atoms with Gasteiger partial charge in [-0.15, -0.1) is 0 Å². The SMILES string of the molecule is CN1C(Cc2c(Cl)ccc(C(=O)N3CCC(F)(C(=O)O)CC3)c2Cl)=CC2C1=CC(C(F)(F)F)=CC2(C)C. The highest BCUT2D eigenvalue weighted by Crippen LogP contribution is 2.49. The number of rotatable bonds is 4. The number of likely N-dealkylation sites (N-methyl/N-ethyl adjacent to an activating group) is 1. The summed E-state index contributed by atoms with van der Waals surface area (Å²) in [5, 5.41) is 9.47. The number of hydrogen-bond donors (Lipinski definition) is 1. The Hall–Kier alpha value is -2.52. The van der Waals surface area contributed by atoms with E-state index in [2.05, 4.69) is 0 Å². The lowest BCUT2D eigenvalue weighted by molar-refractivity contribution is -0.153. The van der Waals surface area contributed by atoms with Gasteiger partial charge in [0, 0.05) is 61.7 Å². The summed E-state index contributed by atoms with van der Waals surface area (Å²) in [5.74, 6) is -2.30. The second kappa shape index (κ2) is 9.34. The second-order valence-corrected chi connectivity index (χ2v) is 11.1. The third-order valence-electron chi connectivity index (χ3n) is 7.46. The van der Waals surface area contributed by atoms with Gasteiger partial charge in [-0.25, -0.2) is 9.18 Å². The molecule has 1 N–H and O–H groups in total. The van der Waals surface area contributed by atoms with E-state index in [0.29, 0.717) is 22.0 Å². The first kappa shape index (κ1) is 27.5. The summed E-state index contributed by atoms with van der Waals surface area (Å²) in [6, 6.07) is 2.98. The maximum absolute atomic E-state index is 14.4. The summed E-state index contributed by atoms with van der Waals surface area (Å²) in [7, 11) is 1.68. The zero-order valence-corrected chi connectivity index (χ0v) is 21.9. The number of hydrogen-bond acceptors (Lipinski definition) is 3. The Bertz CT molecular complexity index is 1240. The number of carboxylic acid groups (broad SMARTS) is 1. The van der Waals surface area contributed by atoms with Crippen LogP contribution >= 0.6 is 23.2 Å². The van der Waals surface area contributed by atoms with Gasteiger partial charge < -0.3 is 14.9 Å². The van der Waals surface area contributed by atoms with Crippen molar-refractivity contribution in [3.05, 3.63) is 68.5 Å². The molecule has 1 saturated heterocycles. The number of allylic oxidation sites excluding steroid dienone is 5. The van der Waals surface area contributed by atoms with Crippen LogP contribution in [0.2, 0.25) is 10.0 Å². The van der Waals surface area contributed by atoms with E-state index in [0.717, 1.165) is 6.08 Å². The lowest BCUT2D eigenvalue weighted by Crippen LogP contribution is -2.48. The van der Waals surface area contributed by atoms with Crippen molar-refractivity contribution in [3.8, 4) is 0 Å². The molecule has 1 amide bonds. The van der Waals surface area contributed by atoms with Crippen molar-refractivity contribution in [2.45, 2.75) is 45.0 Å². The highest BCUT2D eigenvalue weighted by molar-refractivity contribution is 6.38. The number of piperidine rings is 1. The fourth-order valence-electron chi connectivity index (χ4n) is 5.13. The van der Waals surface area contributed by atoms with Crippen LogP contribution < -0.4 is 0 Å².